The summed E-state index contributed by atoms with van der Waals surface area (Å²) >= 11 is 1.65. The first-order valence-corrected chi connectivity index (χ1v) is 7.83. The quantitative estimate of drug-likeness (QED) is 0.849. The van der Waals surface area contributed by atoms with E-state index in [4.69, 9.17) is 4.74 Å². The fraction of sp³-hybridized carbons (Fsp3) is 0.714. The molecule has 19 heavy (non-hydrogen) atoms. The SMILES string of the molecule is Cc1nc(CO[C@@H]2CCN(C(=O)[C@@H]3C[C@@H]3C)C2)cs1. The van der Waals surface area contributed by atoms with Gasteiger partial charge in [-0.15, -0.1) is 11.3 Å². The van der Waals surface area contributed by atoms with Gasteiger partial charge in [-0.2, -0.15) is 0 Å². The molecule has 1 amide bonds. The Kier molecular flexibility index (Phi) is 3.58. The van der Waals surface area contributed by atoms with Crippen molar-refractivity contribution in [3.63, 3.8) is 0 Å². The van der Waals surface area contributed by atoms with E-state index in [1.54, 1.807) is 11.3 Å². The third kappa shape index (κ3) is 2.98. The zero-order chi connectivity index (χ0) is 13.4. The van der Waals surface area contributed by atoms with Crippen molar-refractivity contribution in [1.82, 2.24) is 9.88 Å². The summed E-state index contributed by atoms with van der Waals surface area (Å²) in [6, 6.07) is 0. The maximum Gasteiger partial charge on any atom is 0.226 e. The van der Waals surface area contributed by atoms with Crippen LogP contribution in [0.5, 0.6) is 0 Å². The highest BCUT2D eigenvalue weighted by atomic mass is 32.1. The standard InChI is InChI=1S/C14H20N2O2S/c1-9-5-13(9)14(17)16-4-3-12(6-16)18-7-11-8-19-10(2)15-11/h8-9,12-13H,3-7H2,1-2H3/t9-,12+,13+/m0/s1. The smallest absolute Gasteiger partial charge is 0.226 e. The molecule has 2 fully saturated rings. The maximum atomic E-state index is 12.1. The van der Waals surface area contributed by atoms with Crippen molar-refractivity contribution in [2.75, 3.05) is 13.1 Å². The van der Waals surface area contributed by atoms with Gasteiger partial charge < -0.3 is 9.64 Å². The number of aromatic nitrogens is 1. The molecule has 5 heteroatoms. The Balaban J connectivity index is 1.45. The number of hydrogen-bond acceptors (Lipinski definition) is 4. The predicted octanol–water partition coefficient (Wildman–Crippen LogP) is 2.23. The van der Waals surface area contributed by atoms with Crippen molar-refractivity contribution >= 4 is 17.2 Å². The van der Waals surface area contributed by atoms with Crippen molar-refractivity contribution in [2.24, 2.45) is 11.8 Å². The van der Waals surface area contributed by atoms with Gasteiger partial charge in [0.15, 0.2) is 0 Å². The Labute approximate surface area is 117 Å². The van der Waals surface area contributed by atoms with E-state index < -0.39 is 0 Å². The van der Waals surface area contributed by atoms with Crippen LogP contribution in [0, 0.1) is 18.8 Å². The molecule has 4 nitrogen and oxygen atoms in total. The van der Waals surface area contributed by atoms with E-state index in [2.05, 4.69) is 11.9 Å². The molecule has 1 aromatic heterocycles. The molecule has 1 aliphatic heterocycles. The van der Waals surface area contributed by atoms with Crippen LogP contribution in [0.25, 0.3) is 0 Å². The number of nitrogens with zero attached hydrogens (tertiary/aromatic N) is 2. The highest BCUT2D eigenvalue weighted by molar-refractivity contribution is 7.09. The summed E-state index contributed by atoms with van der Waals surface area (Å²) < 4.78 is 5.86. The van der Waals surface area contributed by atoms with Gasteiger partial charge in [-0.1, -0.05) is 6.92 Å². The van der Waals surface area contributed by atoms with Crippen LogP contribution in [-0.4, -0.2) is 35.0 Å². The fourth-order valence-electron chi connectivity index (χ4n) is 2.64. The van der Waals surface area contributed by atoms with Crippen molar-refractivity contribution in [3.8, 4) is 0 Å². The minimum Gasteiger partial charge on any atom is -0.370 e. The number of rotatable bonds is 4. The Morgan fingerprint density at radius 2 is 2.42 bits per heavy atom. The zero-order valence-electron chi connectivity index (χ0n) is 11.5. The molecular weight excluding hydrogens is 260 g/mol. The van der Waals surface area contributed by atoms with Gasteiger partial charge in [0.05, 0.1) is 23.4 Å². The van der Waals surface area contributed by atoms with Crippen LogP contribution in [0.1, 0.15) is 30.5 Å². The van der Waals surface area contributed by atoms with Crippen LogP contribution < -0.4 is 0 Å². The molecule has 3 rings (SSSR count). The van der Waals surface area contributed by atoms with Gasteiger partial charge in [0.2, 0.25) is 5.91 Å². The summed E-state index contributed by atoms with van der Waals surface area (Å²) in [5.74, 6) is 1.22. The number of carbonyl (C=O) groups is 1. The second kappa shape index (κ2) is 5.21. The van der Waals surface area contributed by atoms with E-state index in [0.29, 0.717) is 24.3 Å². The molecule has 0 aromatic carbocycles. The first-order chi connectivity index (χ1) is 9.13. The third-order valence-electron chi connectivity index (χ3n) is 4.02. The van der Waals surface area contributed by atoms with Gasteiger partial charge in [-0.05, 0) is 25.7 Å². The van der Waals surface area contributed by atoms with E-state index in [0.717, 1.165) is 36.6 Å². The highest BCUT2D eigenvalue weighted by Crippen LogP contribution is 2.39. The summed E-state index contributed by atoms with van der Waals surface area (Å²) in [4.78, 5) is 18.5. The van der Waals surface area contributed by atoms with E-state index in [1.165, 1.54) is 0 Å². The highest BCUT2D eigenvalue weighted by Gasteiger charge is 2.43. The molecule has 0 bridgehead atoms. The number of carbonyl (C=O) groups excluding carboxylic acids is 1. The van der Waals surface area contributed by atoms with Crippen LogP contribution in [0.4, 0.5) is 0 Å². The van der Waals surface area contributed by atoms with Crippen LogP contribution in [0.15, 0.2) is 5.38 Å². The minimum atomic E-state index is 0.181. The van der Waals surface area contributed by atoms with E-state index >= 15 is 0 Å². The largest absolute Gasteiger partial charge is 0.370 e. The molecule has 1 aromatic rings. The summed E-state index contributed by atoms with van der Waals surface area (Å²) in [6.45, 7) is 6.32. The Morgan fingerprint density at radius 3 is 3.05 bits per heavy atom. The molecular formula is C14H20N2O2S. The Hall–Kier alpha value is -0.940. The topological polar surface area (TPSA) is 42.4 Å². The number of thiazole rings is 1. The maximum absolute atomic E-state index is 12.1. The molecule has 0 spiro atoms. The van der Waals surface area contributed by atoms with Crippen molar-refractivity contribution in [2.45, 2.75) is 39.4 Å². The lowest BCUT2D eigenvalue weighted by Crippen LogP contribution is -2.31. The van der Waals surface area contributed by atoms with Crippen LogP contribution in [0.2, 0.25) is 0 Å². The van der Waals surface area contributed by atoms with Gasteiger partial charge in [-0.25, -0.2) is 4.98 Å². The Bertz CT molecular complexity index is 474. The van der Waals surface area contributed by atoms with Gasteiger partial charge in [0, 0.05) is 24.4 Å². The zero-order valence-corrected chi connectivity index (χ0v) is 12.3. The lowest BCUT2D eigenvalue weighted by atomic mass is 10.3. The van der Waals surface area contributed by atoms with Crippen LogP contribution >= 0.6 is 11.3 Å². The summed E-state index contributed by atoms with van der Waals surface area (Å²) in [5.41, 5.74) is 1.00. The number of ether oxygens (including phenoxy) is 1. The molecule has 1 saturated carbocycles. The molecule has 3 atom stereocenters. The van der Waals surface area contributed by atoms with Crippen molar-refractivity contribution < 1.29 is 9.53 Å². The first-order valence-electron chi connectivity index (χ1n) is 6.95. The van der Waals surface area contributed by atoms with Crippen molar-refractivity contribution in [3.05, 3.63) is 16.1 Å². The molecule has 0 N–H and O–H groups in total. The van der Waals surface area contributed by atoms with E-state index in [1.807, 2.05) is 17.2 Å². The van der Waals surface area contributed by atoms with Gasteiger partial charge in [-0.3, -0.25) is 4.79 Å². The van der Waals surface area contributed by atoms with Crippen molar-refractivity contribution in [1.29, 1.82) is 0 Å². The first kappa shape index (κ1) is 13.1. The fourth-order valence-corrected chi connectivity index (χ4v) is 3.24. The molecule has 104 valence electrons. The molecule has 0 radical (unpaired) electrons. The molecule has 2 aliphatic rings. The van der Waals surface area contributed by atoms with E-state index in [9.17, 15) is 4.79 Å². The number of aryl methyl sites for hydroxylation is 1. The number of amides is 1. The Morgan fingerprint density at radius 1 is 1.63 bits per heavy atom. The molecule has 1 aliphatic carbocycles. The summed E-state index contributed by atoms with van der Waals surface area (Å²) in [7, 11) is 0. The van der Waals surface area contributed by atoms with Gasteiger partial charge in [0.1, 0.15) is 0 Å². The van der Waals surface area contributed by atoms with Gasteiger partial charge >= 0.3 is 0 Å². The predicted molar refractivity (Wildman–Crippen MR) is 73.9 cm³/mol. The normalized spacial score (nSPS) is 29.8. The molecule has 1 saturated heterocycles. The summed E-state index contributed by atoms with van der Waals surface area (Å²) in [6.07, 6.45) is 2.20. The van der Waals surface area contributed by atoms with Crippen LogP contribution in [0.3, 0.4) is 0 Å². The number of hydrogen-bond donors (Lipinski definition) is 0. The second-order valence-electron chi connectivity index (χ2n) is 5.68. The third-order valence-corrected chi connectivity index (χ3v) is 4.84. The summed E-state index contributed by atoms with van der Waals surface area (Å²) in [5, 5.41) is 3.11. The lowest BCUT2D eigenvalue weighted by Gasteiger charge is -2.16. The number of likely N-dealkylation sites (tertiary alicyclic amines) is 1. The molecule has 0 unspecified atom stereocenters. The lowest BCUT2D eigenvalue weighted by molar-refractivity contribution is -0.132. The van der Waals surface area contributed by atoms with E-state index in [-0.39, 0.29) is 6.10 Å². The van der Waals surface area contributed by atoms with Crippen LogP contribution in [-0.2, 0) is 16.1 Å². The van der Waals surface area contributed by atoms with Gasteiger partial charge in [0.25, 0.3) is 0 Å². The average molecular weight is 280 g/mol. The second-order valence-corrected chi connectivity index (χ2v) is 6.75. The monoisotopic (exact) mass is 280 g/mol. The minimum absolute atomic E-state index is 0.181. The average Bonchev–Trinajstić information content (AvgIpc) is 2.81. The molecule has 2 heterocycles.